The number of urea groups is 1. The van der Waals surface area contributed by atoms with Crippen molar-refractivity contribution >= 4 is 27.2 Å². The fraction of sp³-hybridized carbons (Fsp3) is 0.583. The summed E-state index contributed by atoms with van der Waals surface area (Å²) in [6.45, 7) is 2.49. The minimum absolute atomic E-state index is 0.0541. The van der Waals surface area contributed by atoms with E-state index in [0.29, 0.717) is 13.0 Å². The quantitative estimate of drug-likeness (QED) is 0.887. The molecule has 1 aliphatic heterocycles. The van der Waals surface area contributed by atoms with Crippen LogP contribution in [0.4, 0.5) is 4.79 Å². The van der Waals surface area contributed by atoms with Crippen molar-refractivity contribution in [2.75, 3.05) is 11.5 Å². The summed E-state index contributed by atoms with van der Waals surface area (Å²) in [4.78, 5) is 14.0. The minimum atomic E-state index is -2.98. The summed E-state index contributed by atoms with van der Waals surface area (Å²) in [7, 11) is -2.98. The lowest BCUT2D eigenvalue weighted by Crippen LogP contribution is -2.47. The second-order valence-corrected chi connectivity index (χ2v) is 8.39. The molecule has 1 aromatic rings. The van der Waals surface area contributed by atoms with E-state index < -0.39 is 9.84 Å². The zero-order valence-corrected chi connectivity index (χ0v) is 12.4. The molecule has 1 unspecified atom stereocenters. The average Bonchev–Trinajstić information content (AvgIpc) is 2.71. The molecule has 1 saturated heterocycles. The van der Waals surface area contributed by atoms with Gasteiger partial charge in [0.2, 0.25) is 0 Å². The highest BCUT2D eigenvalue weighted by Crippen LogP contribution is 2.14. The van der Waals surface area contributed by atoms with Crippen molar-refractivity contribution in [3.63, 3.8) is 0 Å². The molecule has 7 heteroatoms. The van der Waals surface area contributed by atoms with Gasteiger partial charge in [-0.25, -0.2) is 13.2 Å². The van der Waals surface area contributed by atoms with E-state index in [-0.39, 0.29) is 23.6 Å². The van der Waals surface area contributed by atoms with E-state index in [9.17, 15) is 13.2 Å². The maximum absolute atomic E-state index is 11.7. The predicted molar refractivity (Wildman–Crippen MR) is 76.1 cm³/mol. The Labute approximate surface area is 117 Å². The number of thiophene rings is 1. The van der Waals surface area contributed by atoms with Gasteiger partial charge in [0.25, 0.3) is 0 Å². The molecule has 0 saturated carbocycles. The SMILES string of the molecule is Cc1ccc(CNC(=O)NC2CCCS(=O)(=O)C2)s1. The lowest BCUT2D eigenvalue weighted by atomic mass is 10.2. The molecule has 5 nitrogen and oxygen atoms in total. The van der Waals surface area contributed by atoms with Crippen molar-refractivity contribution in [1.29, 1.82) is 0 Å². The smallest absolute Gasteiger partial charge is 0.315 e. The lowest BCUT2D eigenvalue weighted by molar-refractivity contribution is 0.236. The lowest BCUT2D eigenvalue weighted by Gasteiger charge is -2.23. The van der Waals surface area contributed by atoms with Gasteiger partial charge in [-0.3, -0.25) is 0 Å². The molecule has 1 atom stereocenters. The topological polar surface area (TPSA) is 75.3 Å². The molecular formula is C12H18N2O3S2. The summed E-state index contributed by atoms with van der Waals surface area (Å²) in [6, 6.07) is 3.43. The van der Waals surface area contributed by atoms with Crippen LogP contribution in [0.1, 0.15) is 22.6 Å². The predicted octanol–water partition coefficient (Wildman–Crippen LogP) is 1.43. The molecule has 2 N–H and O–H groups in total. The van der Waals surface area contributed by atoms with Crippen molar-refractivity contribution in [2.24, 2.45) is 0 Å². The van der Waals surface area contributed by atoms with Crippen LogP contribution >= 0.6 is 11.3 Å². The number of carbonyl (C=O) groups is 1. The fourth-order valence-corrected chi connectivity index (χ4v) is 4.59. The van der Waals surface area contributed by atoms with Gasteiger partial charge in [-0.15, -0.1) is 11.3 Å². The molecule has 106 valence electrons. The molecule has 1 aromatic heterocycles. The molecule has 0 aromatic carbocycles. The first-order chi connectivity index (χ1) is 8.94. The van der Waals surface area contributed by atoms with E-state index in [1.165, 1.54) is 4.88 Å². The van der Waals surface area contributed by atoms with E-state index in [4.69, 9.17) is 0 Å². The monoisotopic (exact) mass is 302 g/mol. The Hall–Kier alpha value is -1.08. The Bertz CT molecular complexity index is 551. The number of hydrogen-bond donors (Lipinski definition) is 2. The summed E-state index contributed by atoms with van der Waals surface area (Å²) in [5.41, 5.74) is 0. The van der Waals surface area contributed by atoms with Crippen LogP contribution in [0.3, 0.4) is 0 Å². The molecule has 2 heterocycles. The minimum Gasteiger partial charge on any atom is -0.334 e. The van der Waals surface area contributed by atoms with Crippen molar-refractivity contribution in [1.82, 2.24) is 10.6 Å². The highest BCUT2D eigenvalue weighted by Gasteiger charge is 2.25. The number of amides is 2. The molecule has 1 aliphatic rings. The molecule has 0 spiro atoms. The third-order valence-corrected chi connectivity index (χ3v) is 5.84. The highest BCUT2D eigenvalue weighted by molar-refractivity contribution is 7.91. The zero-order valence-electron chi connectivity index (χ0n) is 10.8. The Balaban J connectivity index is 1.78. The number of sulfone groups is 1. The number of carbonyl (C=O) groups excluding carboxylic acids is 1. The van der Waals surface area contributed by atoms with Gasteiger partial charge in [-0.2, -0.15) is 0 Å². The second kappa shape index (κ2) is 5.92. The molecular weight excluding hydrogens is 284 g/mol. The summed E-state index contributed by atoms with van der Waals surface area (Å²) in [5.74, 6) is 0.291. The van der Waals surface area contributed by atoms with Crippen LogP contribution in [-0.4, -0.2) is 32.0 Å². The van der Waals surface area contributed by atoms with E-state index in [0.717, 1.165) is 11.3 Å². The van der Waals surface area contributed by atoms with Gasteiger partial charge >= 0.3 is 6.03 Å². The molecule has 0 bridgehead atoms. The molecule has 0 aliphatic carbocycles. The largest absolute Gasteiger partial charge is 0.334 e. The van der Waals surface area contributed by atoms with Gasteiger partial charge in [-0.05, 0) is 31.9 Å². The van der Waals surface area contributed by atoms with Gasteiger partial charge in [0, 0.05) is 15.8 Å². The Morgan fingerprint density at radius 1 is 1.47 bits per heavy atom. The van der Waals surface area contributed by atoms with Crippen molar-refractivity contribution < 1.29 is 13.2 Å². The summed E-state index contributed by atoms with van der Waals surface area (Å²) >= 11 is 1.64. The zero-order chi connectivity index (χ0) is 13.9. The summed E-state index contributed by atoms with van der Waals surface area (Å²) in [6.07, 6.45) is 1.35. The first-order valence-electron chi connectivity index (χ1n) is 6.25. The Kier molecular flexibility index (Phi) is 4.46. The van der Waals surface area contributed by atoms with Crippen LogP contribution in [0.5, 0.6) is 0 Å². The van der Waals surface area contributed by atoms with Crippen LogP contribution in [0.2, 0.25) is 0 Å². The first-order valence-corrected chi connectivity index (χ1v) is 8.88. The first kappa shape index (κ1) is 14.3. The van der Waals surface area contributed by atoms with Crippen LogP contribution in [0.15, 0.2) is 12.1 Å². The van der Waals surface area contributed by atoms with Gasteiger partial charge in [-0.1, -0.05) is 0 Å². The van der Waals surface area contributed by atoms with E-state index in [2.05, 4.69) is 10.6 Å². The van der Waals surface area contributed by atoms with Gasteiger partial charge in [0.05, 0.1) is 18.1 Å². The average molecular weight is 302 g/mol. The van der Waals surface area contributed by atoms with Gasteiger partial charge < -0.3 is 10.6 Å². The fourth-order valence-electron chi connectivity index (χ4n) is 2.12. The molecule has 19 heavy (non-hydrogen) atoms. The maximum atomic E-state index is 11.7. The number of nitrogens with one attached hydrogen (secondary N) is 2. The molecule has 2 rings (SSSR count). The van der Waals surface area contributed by atoms with Gasteiger partial charge in [0.15, 0.2) is 9.84 Å². The summed E-state index contributed by atoms with van der Waals surface area (Å²) < 4.78 is 22.9. The van der Waals surface area contributed by atoms with Crippen molar-refractivity contribution in [2.45, 2.75) is 32.4 Å². The molecule has 2 amide bonds. The van der Waals surface area contributed by atoms with Crippen molar-refractivity contribution in [3.05, 3.63) is 21.9 Å². The number of aryl methyl sites for hydroxylation is 1. The highest BCUT2D eigenvalue weighted by atomic mass is 32.2. The number of rotatable bonds is 3. The maximum Gasteiger partial charge on any atom is 0.315 e. The second-order valence-electron chi connectivity index (χ2n) is 4.79. The van der Waals surface area contributed by atoms with Crippen LogP contribution in [-0.2, 0) is 16.4 Å². The third kappa shape index (κ3) is 4.50. The van der Waals surface area contributed by atoms with Crippen molar-refractivity contribution in [3.8, 4) is 0 Å². The van der Waals surface area contributed by atoms with E-state index in [1.807, 2.05) is 19.1 Å². The van der Waals surface area contributed by atoms with Gasteiger partial charge in [0.1, 0.15) is 0 Å². The normalized spacial score (nSPS) is 21.8. The van der Waals surface area contributed by atoms with Crippen LogP contribution < -0.4 is 10.6 Å². The molecule has 0 radical (unpaired) electrons. The Morgan fingerprint density at radius 3 is 2.89 bits per heavy atom. The number of hydrogen-bond acceptors (Lipinski definition) is 4. The van der Waals surface area contributed by atoms with E-state index >= 15 is 0 Å². The van der Waals surface area contributed by atoms with Crippen LogP contribution in [0, 0.1) is 6.92 Å². The summed E-state index contributed by atoms with van der Waals surface area (Å²) in [5, 5.41) is 5.48. The standard InChI is InChI=1S/C12H18N2O3S2/c1-9-4-5-11(18-9)7-13-12(15)14-10-3-2-6-19(16,17)8-10/h4-5,10H,2-3,6-8H2,1H3,(H2,13,14,15). The molecule has 1 fully saturated rings. The third-order valence-electron chi connectivity index (χ3n) is 3.02. The van der Waals surface area contributed by atoms with E-state index in [1.54, 1.807) is 11.3 Å². The Morgan fingerprint density at radius 2 is 2.26 bits per heavy atom. The van der Waals surface area contributed by atoms with Crippen LogP contribution in [0.25, 0.3) is 0 Å².